The van der Waals surface area contributed by atoms with Crippen LogP contribution < -0.4 is 10.4 Å². The van der Waals surface area contributed by atoms with Crippen molar-refractivity contribution >= 4 is 23.2 Å². The molecule has 0 bridgehead atoms. The normalized spacial score (nSPS) is 20.2. The Morgan fingerprint density at radius 2 is 1.88 bits per heavy atom. The molecule has 1 heterocycles. The third-order valence-corrected chi connectivity index (χ3v) is 5.60. The molecule has 0 saturated heterocycles. The minimum absolute atomic E-state index is 0.174. The van der Waals surface area contributed by atoms with Gasteiger partial charge in [-0.05, 0) is 12.8 Å². The van der Waals surface area contributed by atoms with Crippen molar-refractivity contribution in [3.63, 3.8) is 0 Å². The maximum atomic E-state index is 12.3. The topological polar surface area (TPSA) is 82.1 Å². The van der Waals surface area contributed by atoms with Crippen LogP contribution in [0.25, 0.3) is 10.6 Å². The zero-order valence-corrected chi connectivity index (χ0v) is 14.8. The number of carboxylic acids is 1. The third-order valence-electron chi connectivity index (χ3n) is 4.66. The Hall–Kier alpha value is -2.21. The van der Waals surface area contributed by atoms with Crippen molar-refractivity contribution in [2.24, 2.45) is 11.8 Å². The molecule has 1 saturated carbocycles. The van der Waals surface area contributed by atoms with Gasteiger partial charge < -0.3 is 15.2 Å². The number of hydrogen-bond acceptors (Lipinski definition) is 5. The molecule has 2 atom stereocenters. The van der Waals surface area contributed by atoms with Crippen molar-refractivity contribution in [1.29, 1.82) is 0 Å². The predicted molar refractivity (Wildman–Crippen MR) is 94.7 cm³/mol. The Bertz CT molecular complexity index is 729. The predicted octanol–water partition coefficient (Wildman–Crippen LogP) is 2.03. The number of thiazole rings is 1. The summed E-state index contributed by atoms with van der Waals surface area (Å²) >= 11 is 1.58. The van der Waals surface area contributed by atoms with E-state index < -0.39 is 17.8 Å². The fourth-order valence-electron chi connectivity index (χ4n) is 3.31. The van der Waals surface area contributed by atoms with Gasteiger partial charge in [0.1, 0.15) is 5.01 Å². The molecule has 1 amide bonds. The lowest BCUT2D eigenvalue weighted by molar-refractivity contribution is -0.314. The zero-order chi connectivity index (χ0) is 17.6. The van der Waals surface area contributed by atoms with Crippen LogP contribution in [0.5, 0.6) is 0 Å². The number of carbonyl (C=O) groups is 2. The fourth-order valence-corrected chi connectivity index (χ4v) is 4.17. The molecule has 6 heteroatoms. The van der Waals surface area contributed by atoms with E-state index in [4.69, 9.17) is 0 Å². The standard InChI is InChI=1S/C19H22N2O3S/c22-17(15-8-4-5-9-16(15)19(23)24)20-11-10-14-12-25-18(21-14)13-6-2-1-3-7-13/h1-3,6-7,12,15-16H,4-5,8-11H2,(H,20,22)(H,23,24)/p-1/t15-,16-/m0/s1. The second-order valence-corrected chi connectivity index (χ2v) is 7.23. The SMILES string of the molecule is O=C([O-])[C@H]1CCCC[C@@H]1C(=O)NCCc1csc(-c2ccccc2)n1. The second-order valence-electron chi connectivity index (χ2n) is 6.37. The lowest BCUT2D eigenvalue weighted by atomic mass is 9.78. The molecule has 0 aliphatic heterocycles. The highest BCUT2D eigenvalue weighted by atomic mass is 32.1. The number of aromatic nitrogens is 1. The van der Waals surface area contributed by atoms with Gasteiger partial charge in [0.05, 0.1) is 5.69 Å². The van der Waals surface area contributed by atoms with Crippen molar-refractivity contribution < 1.29 is 14.7 Å². The first-order valence-corrected chi connectivity index (χ1v) is 9.51. The van der Waals surface area contributed by atoms with Gasteiger partial charge in [-0.25, -0.2) is 4.98 Å². The largest absolute Gasteiger partial charge is 0.550 e. The number of nitrogens with zero attached hydrogens (tertiary/aromatic N) is 1. The van der Waals surface area contributed by atoms with Gasteiger partial charge in [-0.3, -0.25) is 4.79 Å². The van der Waals surface area contributed by atoms with Crippen LogP contribution in [-0.4, -0.2) is 23.4 Å². The average molecular weight is 357 g/mol. The maximum Gasteiger partial charge on any atom is 0.223 e. The molecule has 1 aromatic carbocycles. The summed E-state index contributed by atoms with van der Waals surface area (Å²) in [5.74, 6) is -2.40. The first-order chi connectivity index (χ1) is 12.1. The lowest BCUT2D eigenvalue weighted by Crippen LogP contribution is -2.44. The molecule has 1 N–H and O–H groups in total. The van der Waals surface area contributed by atoms with Crippen molar-refractivity contribution in [3.8, 4) is 10.6 Å². The van der Waals surface area contributed by atoms with Crippen LogP contribution in [0.4, 0.5) is 0 Å². The number of amides is 1. The highest BCUT2D eigenvalue weighted by molar-refractivity contribution is 7.13. The van der Waals surface area contributed by atoms with Crippen molar-refractivity contribution in [2.75, 3.05) is 6.54 Å². The first-order valence-electron chi connectivity index (χ1n) is 8.63. The number of rotatable bonds is 6. The first kappa shape index (κ1) is 17.6. The summed E-state index contributed by atoms with van der Waals surface area (Å²) in [5, 5.41) is 17.0. The van der Waals surface area contributed by atoms with Crippen molar-refractivity contribution in [1.82, 2.24) is 10.3 Å². The highest BCUT2D eigenvalue weighted by Gasteiger charge is 2.31. The average Bonchev–Trinajstić information content (AvgIpc) is 3.11. The van der Waals surface area contributed by atoms with E-state index in [0.29, 0.717) is 25.8 Å². The van der Waals surface area contributed by atoms with Crippen LogP contribution in [0.3, 0.4) is 0 Å². The lowest BCUT2D eigenvalue weighted by Gasteiger charge is -2.31. The van der Waals surface area contributed by atoms with Gasteiger partial charge >= 0.3 is 0 Å². The van der Waals surface area contributed by atoms with Crippen molar-refractivity contribution in [3.05, 3.63) is 41.4 Å². The van der Waals surface area contributed by atoms with Crippen LogP contribution in [-0.2, 0) is 16.0 Å². The molecule has 132 valence electrons. The van der Waals surface area contributed by atoms with Gasteiger partial charge in [0.2, 0.25) is 5.91 Å². The summed E-state index contributed by atoms with van der Waals surface area (Å²) in [7, 11) is 0. The Morgan fingerprint density at radius 3 is 2.60 bits per heavy atom. The quantitative estimate of drug-likeness (QED) is 0.857. The summed E-state index contributed by atoms with van der Waals surface area (Å²) in [6.45, 7) is 0.465. The monoisotopic (exact) mass is 357 g/mol. The van der Waals surface area contributed by atoms with Crippen LogP contribution >= 0.6 is 11.3 Å². The Kier molecular flexibility index (Phi) is 5.81. The van der Waals surface area contributed by atoms with Crippen LogP contribution in [0, 0.1) is 11.8 Å². The maximum absolute atomic E-state index is 12.3. The number of aliphatic carboxylic acids is 1. The summed E-state index contributed by atoms with van der Waals surface area (Å²) in [6, 6.07) is 9.98. The number of hydrogen-bond donors (Lipinski definition) is 1. The molecule has 1 aliphatic rings. The Morgan fingerprint density at radius 1 is 1.16 bits per heavy atom. The molecule has 1 aliphatic carbocycles. The minimum atomic E-state index is -1.10. The Balaban J connectivity index is 1.52. The second kappa shape index (κ2) is 8.25. The van der Waals surface area contributed by atoms with E-state index in [1.54, 1.807) is 11.3 Å². The molecule has 1 aromatic heterocycles. The molecular weight excluding hydrogens is 336 g/mol. The van der Waals surface area contributed by atoms with Gasteiger partial charge in [0.25, 0.3) is 0 Å². The summed E-state index contributed by atoms with van der Waals surface area (Å²) in [4.78, 5) is 28.1. The van der Waals surface area contributed by atoms with Gasteiger partial charge in [0.15, 0.2) is 0 Å². The molecule has 0 spiro atoms. The molecule has 25 heavy (non-hydrogen) atoms. The van der Waals surface area contributed by atoms with Crippen LogP contribution in [0.2, 0.25) is 0 Å². The van der Waals surface area contributed by atoms with Gasteiger partial charge in [-0.2, -0.15) is 0 Å². The molecular formula is C19H21N2O3S-. The minimum Gasteiger partial charge on any atom is -0.550 e. The number of nitrogens with one attached hydrogen (secondary N) is 1. The van der Waals surface area contributed by atoms with E-state index >= 15 is 0 Å². The number of carbonyl (C=O) groups excluding carboxylic acids is 2. The van der Waals surface area contributed by atoms with Gasteiger partial charge in [-0.1, -0.05) is 43.2 Å². The van der Waals surface area contributed by atoms with E-state index in [1.807, 2.05) is 35.7 Å². The number of benzene rings is 1. The van der Waals surface area contributed by atoms with Crippen LogP contribution in [0.15, 0.2) is 35.7 Å². The zero-order valence-electron chi connectivity index (χ0n) is 13.9. The third kappa shape index (κ3) is 4.45. The molecule has 0 radical (unpaired) electrons. The van der Waals surface area contributed by atoms with Crippen LogP contribution in [0.1, 0.15) is 31.4 Å². The number of carboxylic acid groups (broad SMARTS) is 1. The van der Waals surface area contributed by atoms with E-state index in [0.717, 1.165) is 29.1 Å². The molecule has 0 unspecified atom stereocenters. The molecule has 5 nitrogen and oxygen atoms in total. The summed E-state index contributed by atoms with van der Waals surface area (Å²) in [6.07, 6.45) is 3.54. The fraction of sp³-hybridized carbons (Fsp3) is 0.421. The molecule has 1 fully saturated rings. The smallest absolute Gasteiger partial charge is 0.223 e. The van der Waals surface area contributed by atoms with E-state index in [2.05, 4.69) is 10.3 Å². The Labute approximate surface area is 151 Å². The van der Waals surface area contributed by atoms with E-state index in [-0.39, 0.29) is 5.91 Å². The van der Waals surface area contributed by atoms with Crippen molar-refractivity contribution in [2.45, 2.75) is 32.1 Å². The van der Waals surface area contributed by atoms with Gasteiger partial charge in [-0.15, -0.1) is 11.3 Å². The molecule has 3 rings (SSSR count). The van der Waals surface area contributed by atoms with E-state index in [9.17, 15) is 14.7 Å². The van der Waals surface area contributed by atoms with E-state index in [1.165, 1.54) is 0 Å². The highest BCUT2D eigenvalue weighted by Crippen LogP contribution is 2.30. The van der Waals surface area contributed by atoms with Gasteiger partial charge in [0, 0.05) is 41.7 Å². The summed E-state index contributed by atoms with van der Waals surface area (Å²) < 4.78 is 0. The molecule has 2 aromatic rings. The summed E-state index contributed by atoms with van der Waals surface area (Å²) in [5.41, 5.74) is 2.02.